The predicted molar refractivity (Wildman–Crippen MR) is 125 cm³/mol. The van der Waals surface area contributed by atoms with Gasteiger partial charge >= 0.3 is 0 Å². The summed E-state index contributed by atoms with van der Waals surface area (Å²) in [5.74, 6) is 2.31. The molecule has 1 amide bonds. The molecule has 0 unspecified atom stereocenters. The Morgan fingerprint density at radius 3 is 2.62 bits per heavy atom. The van der Waals surface area contributed by atoms with Gasteiger partial charge in [-0.15, -0.1) is 0 Å². The van der Waals surface area contributed by atoms with Crippen LogP contribution in [0.5, 0.6) is 0 Å². The quantitative estimate of drug-likeness (QED) is 0.461. The predicted octanol–water partition coefficient (Wildman–Crippen LogP) is 5.31. The highest BCUT2D eigenvalue weighted by Gasteiger charge is 2.23. The van der Waals surface area contributed by atoms with Crippen LogP contribution in [0.4, 0.5) is 5.13 Å². The summed E-state index contributed by atoms with van der Waals surface area (Å²) in [7, 11) is 0. The second-order valence-electron chi connectivity index (χ2n) is 7.09. The van der Waals surface area contributed by atoms with E-state index in [0.717, 1.165) is 59.5 Å². The summed E-state index contributed by atoms with van der Waals surface area (Å²) in [6.07, 6.45) is 1.57. The van der Waals surface area contributed by atoms with Gasteiger partial charge in [-0.05, 0) is 29.9 Å². The van der Waals surface area contributed by atoms with Crippen LogP contribution in [0.25, 0.3) is 10.2 Å². The summed E-state index contributed by atoms with van der Waals surface area (Å²) in [6, 6.07) is 16.4. The molecule has 0 bridgehead atoms. The van der Waals surface area contributed by atoms with Gasteiger partial charge in [0.05, 0.1) is 9.72 Å². The Balaban J connectivity index is 1.19. The van der Waals surface area contributed by atoms with Crippen LogP contribution < -0.4 is 4.90 Å². The third kappa shape index (κ3) is 5.24. The Morgan fingerprint density at radius 2 is 1.86 bits per heavy atom. The maximum Gasteiger partial charge on any atom is 0.222 e. The summed E-state index contributed by atoms with van der Waals surface area (Å²) >= 11 is 9.82. The molecule has 1 aliphatic heterocycles. The Morgan fingerprint density at radius 1 is 1.07 bits per heavy atom. The lowest BCUT2D eigenvalue weighted by Gasteiger charge is -2.34. The average molecular weight is 446 g/mol. The molecule has 2 heterocycles. The largest absolute Gasteiger partial charge is 0.345 e. The number of thiazole rings is 1. The monoisotopic (exact) mass is 445 g/mol. The molecule has 152 valence electrons. The zero-order valence-corrected chi connectivity index (χ0v) is 18.6. The molecule has 0 radical (unpaired) electrons. The lowest BCUT2D eigenvalue weighted by molar-refractivity contribution is -0.131. The van der Waals surface area contributed by atoms with Gasteiger partial charge in [0.15, 0.2) is 5.13 Å². The number of carbonyl (C=O) groups is 1. The minimum Gasteiger partial charge on any atom is -0.345 e. The van der Waals surface area contributed by atoms with Crippen LogP contribution >= 0.6 is 34.7 Å². The molecule has 1 aromatic heterocycles. The highest BCUT2D eigenvalue weighted by molar-refractivity contribution is 7.98. The standard InChI is InChI=1S/C22H24ClN3OS2/c23-18-8-4-9-19-21(18)24-22(29-19)26-13-11-25(12-14-26)20(27)10-5-15-28-16-17-6-2-1-3-7-17/h1-4,6-9H,5,10-16H2. The first-order valence-corrected chi connectivity index (χ1v) is 12.2. The number of hydrogen-bond donors (Lipinski definition) is 0. The van der Waals surface area contributed by atoms with Gasteiger partial charge < -0.3 is 9.80 Å². The first kappa shape index (κ1) is 20.5. The molecule has 29 heavy (non-hydrogen) atoms. The van der Waals surface area contributed by atoms with E-state index in [0.29, 0.717) is 11.4 Å². The van der Waals surface area contributed by atoms with Gasteiger partial charge in [0.25, 0.3) is 0 Å². The number of carbonyl (C=O) groups excluding carboxylic acids is 1. The van der Waals surface area contributed by atoms with Crippen molar-refractivity contribution in [2.45, 2.75) is 18.6 Å². The van der Waals surface area contributed by atoms with Crippen molar-refractivity contribution >= 4 is 56.0 Å². The third-order valence-electron chi connectivity index (χ3n) is 5.05. The van der Waals surface area contributed by atoms with Crippen LogP contribution in [-0.4, -0.2) is 47.7 Å². The number of nitrogens with zero attached hydrogens (tertiary/aromatic N) is 3. The number of hydrogen-bond acceptors (Lipinski definition) is 5. The number of aromatic nitrogens is 1. The van der Waals surface area contributed by atoms with Crippen molar-refractivity contribution in [2.75, 3.05) is 36.8 Å². The summed E-state index contributed by atoms with van der Waals surface area (Å²) in [6.45, 7) is 3.18. The van der Waals surface area contributed by atoms with Crippen molar-refractivity contribution in [1.29, 1.82) is 0 Å². The molecule has 4 nitrogen and oxygen atoms in total. The van der Waals surface area contributed by atoms with E-state index in [1.54, 1.807) is 11.3 Å². The number of benzene rings is 2. The van der Waals surface area contributed by atoms with Crippen molar-refractivity contribution in [2.24, 2.45) is 0 Å². The van der Waals surface area contributed by atoms with Gasteiger partial charge in [-0.1, -0.05) is 59.3 Å². The van der Waals surface area contributed by atoms with Crippen molar-refractivity contribution in [1.82, 2.24) is 9.88 Å². The van der Waals surface area contributed by atoms with E-state index in [-0.39, 0.29) is 5.91 Å². The van der Waals surface area contributed by atoms with Crippen LogP contribution in [0.1, 0.15) is 18.4 Å². The number of piperazine rings is 1. The van der Waals surface area contributed by atoms with E-state index < -0.39 is 0 Å². The van der Waals surface area contributed by atoms with E-state index in [4.69, 9.17) is 16.6 Å². The fourth-order valence-electron chi connectivity index (χ4n) is 3.43. The van der Waals surface area contributed by atoms with E-state index in [9.17, 15) is 4.79 Å². The molecule has 1 fully saturated rings. The van der Waals surface area contributed by atoms with Crippen LogP contribution in [-0.2, 0) is 10.5 Å². The normalized spacial score (nSPS) is 14.5. The molecule has 4 rings (SSSR count). The highest BCUT2D eigenvalue weighted by atomic mass is 35.5. The molecule has 0 atom stereocenters. The molecule has 3 aromatic rings. The van der Waals surface area contributed by atoms with E-state index in [2.05, 4.69) is 35.2 Å². The van der Waals surface area contributed by atoms with Crippen molar-refractivity contribution in [3.05, 3.63) is 59.1 Å². The summed E-state index contributed by atoms with van der Waals surface area (Å²) in [5, 5.41) is 1.70. The Kier molecular flexibility index (Phi) is 6.95. The SMILES string of the molecule is O=C(CCCSCc1ccccc1)N1CCN(c2nc3c(Cl)cccc3s2)CC1. The molecule has 1 saturated heterocycles. The molecule has 7 heteroatoms. The summed E-state index contributed by atoms with van der Waals surface area (Å²) in [5.41, 5.74) is 2.22. The third-order valence-corrected chi connectivity index (χ3v) is 7.55. The topological polar surface area (TPSA) is 36.4 Å². The van der Waals surface area contributed by atoms with Crippen molar-refractivity contribution in [3.8, 4) is 0 Å². The lowest BCUT2D eigenvalue weighted by atomic mass is 10.2. The van der Waals surface area contributed by atoms with Gasteiger partial charge in [0.2, 0.25) is 5.91 Å². The zero-order chi connectivity index (χ0) is 20.1. The minimum atomic E-state index is 0.275. The molecule has 0 saturated carbocycles. The van der Waals surface area contributed by atoms with Crippen molar-refractivity contribution < 1.29 is 4.79 Å². The average Bonchev–Trinajstić information content (AvgIpc) is 3.20. The maximum absolute atomic E-state index is 12.5. The lowest BCUT2D eigenvalue weighted by Crippen LogP contribution is -2.48. The molecular formula is C22H24ClN3OS2. The Labute approximate surface area is 184 Å². The smallest absolute Gasteiger partial charge is 0.222 e. The van der Waals surface area contributed by atoms with Crippen LogP contribution in [0, 0.1) is 0 Å². The zero-order valence-electron chi connectivity index (χ0n) is 16.2. The van der Waals surface area contributed by atoms with Crippen LogP contribution in [0.2, 0.25) is 5.02 Å². The molecule has 1 aliphatic rings. The number of anilines is 1. The van der Waals surface area contributed by atoms with Gasteiger partial charge in [0, 0.05) is 38.4 Å². The Bertz CT molecular complexity index is 955. The van der Waals surface area contributed by atoms with Gasteiger partial charge in [0.1, 0.15) is 5.52 Å². The molecule has 2 aromatic carbocycles. The second kappa shape index (κ2) is 9.83. The molecule has 0 spiro atoms. The van der Waals surface area contributed by atoms with Gasteiger partial charge in [-0.3, -0.25) is 4.79 Å². The summed E-state index contributed by atoms with van der Waals surface area (Å²) in [4.78, 5) is 21.5. The van der Waals surface area contributed by atoms with E-state index >= 15 is 0 Å². The second-order valence-corrected chi connectivity index (χ2v) is 9.61. The van der Waals surface area contributed by atoms with Gasteiger partial charge in [-0.25, -0.2) is 4.98 Å². The van der Waals surface area contributed by atoms with E-state index in [1.807, 2.05) is 34.9 Å². The maximum atomic E-state index is 12.5. The number of thioether (sulfide) groups is 1. The fraction of sp³-hybridized carbons (Fsp3) is 0.364. The van der Waals surface area contributed by atoms with Crippen LogP contribution in [0.3, 0.4) is 0 Å². The molecule has 0 aliphatic carbocycles. The number of rotatable bonds is 7. The number of fused-ring (bicyclic) bond motifs is 1. The van der Waals surface area contributed by atoms with Crippen molar-refractivity contribution in [3.63, 3.8) is 0 Å². The fourth-order valence-corrected chi connectivity index (χ4v) is 5.67. The molecule has 0 N–H and O–H groups in total. The first-order valence-electron chi connectivity index (χ1n) is 9.90. The minimum absolute atomic E-state index is 0.275. The van der Waals surface area contributed by atoms with Gasteiger partial charge in [-0.2, -0.15) is 11.8 Å². The van der Waals surface area contributed by atoms with E-state index in [1.165, 1.54) is 5.56 Å². The van der Waals surface area contributed by atoms with Crippen LogP contribution in [0.15, 0.2) is 48.5 Å². The number of amides is 1. The number of halogens is 1. The molecular weight excluding hydrogens is 422 g/mol. The highest BCUT2D eigenvalue weighted by Crippen LogP contribution is 2.33. The summed E-state index contributed by atoms with van der Waals surface area (Å²) < 4.78 is 1.11. The first-order chi connectivity index (χ1) is 14.2. The Hall–Kier alpha value is -1.76. The number of para-hydroxylation sites is 1.